The molecule has 2 rings (SSSR count). The van der Waals surface area contributed by atoms with Gasteiger partial charge in [0.1, 0.15) is 0 Å². The molecule has 0 aliphatic heterocycles. The Kier molecular flexibility index (Phi) is 2.89. The number of alkyl halides is 1. The van der Waals surface area contributed by atoms with Crippen molar-refractivity contribution in [3.63, 3.8) is 0 Å². The van der Waals surface area contributed by atoms with Crippen molar-refractivity contribution >= 4 is 22.9 Å². The van der Waals surface area contributed by atoms with Gasteiger partial charge in [-0.25, -0.2) is 4.98 Å². The molecule has 2 aromatic rings. The first-order chi connectivity index (χ1) is 6.81. The largest absolute Gasteiger partial charge is 0.328 e. The van der Waals surface area contributed by atoms with Crippen molar-refractivity contribution in [1.29, 1.82) is 0 Å². The molecule has 14 heavy (non-hydrogen) atoms. The molecule has 0 radical (unpaired) electrons. The zero-order valence-electron chi connectivity index (χ0n) is 7.90. The molecule has 0 saturated heterocycles. The summed E-state index contributed by atoms with van der Waals surface area (Å²) in [6.07, 6.45) is 3.65. The van der Waals surface area contributed by atoms with E-state index in [1.54, 1.807) is 11.3 Å². The Hall–Kier alpha value is -0.800. The maximum absolute atomic E-state index is 5.80. The van der Waals surface area contributed by atoms with Crippen LogP contribution in [0.25, 0.3) is 0 Å². The molecule has 2 heterocycles. The predicted molar refractivity (Wildman–Crippen MR) is 59.9 cm³/mol. The normalized spacial score (nSPS) is 10.7. The lowest BCUT2D eigenvalue weighted by Gasteiger charge is -2.04. The van der Waals surface area contributed by atoms with Crippen LogP contribution in [0.3, 0.4) is 0 Å². The van der Waals surface area contributed by atoms with Crippen LogP contribution in [-0.2, 0) is 12.4 Å². The molecule has 0 amide bonds. The fraction of sp³-hybridized carbons (Fsp3) is 0.300. The molecule has 2 nitrogen and oxygen atoms in total. The zero-order valence-corrected chi connectivity index (χ0v) is 9.48. The highest BCUT2D eigenvalue weighted by Gasteiger charge is 2.04. The highest BCUT2D eigenvalue weighted by molar-refractivity contribution is 7.10. The van der Waals surface area contributed by atoms with Crippen LogP contribution >= 0.6 is 22.9 Å². The van der Waals surface area contributed by atoms with Crippen LogP contribution in [-0.4, -0.2) is 9.55 Å². The van der Waals surface area contributed by atoms with E-state index >= 15 is 0 Å². The topological polar surface area (TPSA) is 17.8 Å². The van der Waals surface area contributed by atoms with Crippen molar-refractivity contribution in [3.8, 4) is 0 Å². The molecule has 0 aromatic carbocycles. The van der Waals surface area contributed by atoms with Gasteiger partial charge in [-0.05, 0) is 23.9 Å². The molecule has 2 aromatic heterocycles. The SMILES string of the molecule is Cc1ccsc1Cn1cncc1CCl. The minimum Gasteiger partial charge on any atom is -0.328 e. The highest BCUT2D eigenvalue weighted by atomic mass is 35.5. The third-order valence-electron chi connectivity index (χ3n) is 2.22. The van der Waals surface area contributed by atoms with Crippen LogP contribution in [0, 0.1) is 6.92 Å². The second kappa shape index (κ2) is 4.15. The van der Waals surface area contributed by atoms with Crippen molar-refractivity contribution in [2.24, 2.45) is 0 Å². The molecule has 0 bridgehead atoms. The lowest BCUT2D eigenvalue weighted by atomic mass is 10.3. The Bertz CT molecular complexity index is 419. The van der Waals surface area contributed by atoms with Gasteiger partial charge in [-0.3, -0.25) is 0 Å². The number of hydrogen-bond donors (Lipinski definition) is 0. The number of nitrogens with zero attached hydrogens (tertiary/aromatic N) is 2. The lowest BCUT2D eigenvalue weighted by Crippen LogP contribution is -2.00. The van der Waals surface area contributed by atoms with Gasteiger partial charge in [-0.15, -0.1) is 22.9 Å². The molecule has 0 aliphatic rings. The quantitative estimate of drug-likeness (QED) is 0.736. The monoisotopic (exact) mass is 226 g/mol. The second-order valence-electron chi connectivity index (χ2n) is 3.17. The van der Waals surface area contributed by atoms with Gasteiger partial charge in [0.25, 0.3) is 0 Å². The highest BCUT2D eigenvalue weighted by Crippen LogP contribution is 2.18. The summed E-state index contributed by atoms with van der Waals surface area (Å²) in [5, 5.41) is 2.11. The molecule has 0 fully saturated rings. The standard InChI is InChI=1S/C10H11ClN2S/c1-8-2-3-14-10(8)6-13-7-12-5-9(13)4-11/h2-3,5,7H,4,6H2,1H3. The number of halogens is 1. The molecule has 0 atom stereocenters. The Morgan fingerprint density at radius 2 is 2.43 bits per heavy atom. The Morgan fingerprint density at radius 3 is 3.07 bits per heavy atom. The van der Waals surface area contributed by atoms with Gasteiger partial charge < -0.3 is 4.57 Å². The molecule has 0 aliphatic carbocycles. The summed E-state index contributed by atoms with van der Waals surface area (Å²) < 4.78 is 2.09. The van der Waals surface area contributed by atoms with Crippen LogP contribution in [0.4, 0.5) is 0 Å². The first kappa shape index (κ1) is 9.74. The molecule has 0 unspecified atom stereocenters. The summed E-state index contributed by atoms with van der Waals surface area (Å²) in [4.78, 5) is 5.46. The van der Waals surface area contributed by atoms with Crippen molar-refractivity contribution in [2.45, 2.75) is 19.3 Å². The third-order valence-corrected chi connectivity index (χ3v) is 3.50. The van der Waals surface area contributed by atoms with E-state index in [4.69, 9.17) is 11.6 Å². The summed E-state index contributed by atoms with van der Waals surface area (Å²) in [6, 6.07) is 2.14. The first-order valence-electron chi connectivity index (χ1n) is 4.39. The predicted octanol–water partition coefficient (Wildman–Crippen LogP) is 3.04. The van der Waals surface area contributed by atoms with Gasteiger partial charge in [0.2, 0.25) is 0 Å². The van der Waals surface area contributed by atoms with E-state index in [-0.39, 0.29) is 0 Å². The second-order valence-corrected chi connectivity index (χ2v) is 4.44. The number of rotatable bonds is 3. The van der Waals surface area contributed by atoms with Gasteiger partial charge in [0.05, 0.1) is 24.4 Å². The Balaban J connectivity index is 2.22. The molecular weight excluding hydrogens is 216 g/mol. The number of hydrogen-bond acceptors (Lipinski definition) is 2. The van der Waals surface area contributed by atoms with Crippen LogP contribution < -0.4 is 0 Å². The van der Waals surface area contributed by atoms with Crippen molar-refractivity contribution < 1.29 is 0 Å². The van der Waals surface area contributed by atoms with E-state index in [2.05, 4.69) is 27.9 Å². The Morgan fingerprint density at radius 1 is 1.57 bits per heavy atom. The van der Waals surface area contributed by atoms with E-state index < -0.39 is 0 Å². The minimum absolute atomic E-state index is 0.518. The van der Waals surface area contributed by atoms with Gasteiger partial charge in [0.15, 0.2) is 0 Å². The number of imidazole rings is 1. The van der Waals surface area contributed by atoms with Crippen LogP contribution in [0.2, 0.25) is 0 Å². The van der Waals surface area contributed by atoms with Gasteiger partial charge in [-0.2, -0.15) is 0 Å². The molecule has 0 saturated carbocycles. The number of aryl methyl sites for hydroxylation is 1. The average Bonchev–Trinajstić information content (AvgIpc) is 2.77. The molecule has 0 spiro atoms. The van der Waals surface area contributed by atoms with Crippen molar-refractivity contribution in [1.82, 2.24) is 9.55 Å². The Labute approximate surface area is 92.2 Å². The number of aromatic nitrogens is 2. The van der Waals surface area contributed by atoms with Crippen molar-refractivity contribution in [2.75, 3.05) is 0 Å². The summed E-state index contributed by atoms with van der Waals surface area (Å²) in [5.74, 6) is 0.518. The zero-order chi connectivity index (χ0) is 9.97. The van der Waals surface area contributed by atoms with Gasteiger partial charge >= 0.3 is 0 Å². The molecule has 4 heteroatoms. The first-order valence-corrected chi connectivity index (χ1v) is 5.80. The molecule has 0 N–H and O–H groups in total. The van der Waals surface area contributed by atoms with E-state index in [1.165, 1.54) is 10.4 Å². The molecule has 74 valence electrons. The summed E-state index contributed by atoms with van der Waals surface area (Å²) in [6.45, 7) is 3.01. The van der Waals surface area contributed by atoms with E-state index in [0.717, 1.165) is 12.2 Å². The fourth-order valence-electron chi connectivity index (χ4n) is 1.32. The van der Waals surface area contributed by atoms with Crippen LogP contribution in [0.1, 0.15) is 16.1 Å². The van der Waals surface area contributed by atoms with Gasteiger partial charge in [0, 0.05) is 11.1 Å². The molecular formula is C10H11ClN2S. The maximum atomic E-state index is 5.80. The number of thiophene rings is 1. The smallest absolute Gasteiger partial charge is 0.0951 e. The fourth-order valence-corrected chi connectivity index (χ4v) is 2.45. The van der Waals surface area contributed by atoms with E-state index in [1.807, 2.05) is 12.5 Å². The average molecular weight is 227 g/mol. The maximum Gasteiger partial charge on any atom is 0.0951 e. The van der Waals surface area contributed by atoms with Crippen LogP contribution in [0.15, 0.2) is 24.0 Å². The summed E-state index contributed by atoms with van der Waals surface area (Å²) in [5.41, 5.74) is 2.41. The third kappa shape index (κ3) is 1.83. The van der Waals surface area contributed by atoms with Crippen LogP contribution in [0.5, 0.6) is 0 Å². The summed E-state index contributed by atoms with van der Waals surface area (Å²) >= 11 is 7.57. The van der Waals surface area contributed by atoms with Crippen molar-refractivity contribution in [3.05, 3.63) is 40.1 Å². The van der Waals surface area contributed by atoms with E-state index in [9.17, 15) is 0 Å². The van der Waals surface area contributed by atoms with E-state index in [0.29, 0.717) is 5.88 Å². The lowest BCUT2D eigenvalue weighted by molar-refractivity contribution is 0.772. The minimum atomic E-state index is 0.518. The summed E-state index contributed by atoms with van der Waals surface area (Å²) in [7, 11) is 0. The van der Waals surface area contributed by atoms with Gasteiger partial charge in [-0.1, -0.05) is 0 Å².